The smallest absolute Gasteiger partial charge is 0.336 e. The monoisotopic (exact) mass is 242 g/mol. The Morgan fingerprint density at radius 3 is 3.00 bits per heavy atom. The van der Waals surface area contributed by atoms with Gasteiger partial charge in [0.05, 0.1) is 10.4 Å². The fourth-order valence-corrected chi connectivity index (χ4v) is 3.05. The molecule has 0 radical (unpaired) electrons. The highest BCUT2D eigenvalue weighted by Gasteiger charge is 2.35. The van der Waals surface area contributed by atoms with Crippen LogP contribution in [0.5, 0.6) is 0 Å². The minimum Gasteiger partial charge on any atom is -0.478 e. The van der Waals surface area contributed by atoms with Crippen molar-refractivity contribution < 1.29 is 19.7 Å². The van der Waals surface area contributed by atoms with Crippen LogP contribution in [0.2, 0.25) is 0 Å². The molecular formula is C11H14O4S. The molecule has 0 aliphatic carbocycles. The summed E-state index contributed by atoms with van der Waals surface area (Å²) in [5.41, 5.74) is -0.812. The first-order chi connectivity index (χ1) is 7.63. The van der Waals surface area contributed by atoms with E-state index < -0.39 is 11.6 Å². The normalized spacial score (nSPS) is 26.3. The van der Waals surface area contributed by atoms with Crippen molar-refractivity contribution in [2.75, 3.05) is 13.2 Å². The minimum atomic E-state index is -1.03. The van der Waals surface area contributed by atoms with Crippen molar-refractivity contribution in [2.45, 2.75) is 24.9 Å². The summed E-state index contributed by atoms with van der Waals surface area (Å²) >= 11 is 1.31. The molecule has 88 valence electrons. The quantitative estimate of drug-likeness (QED) is 0.830. The van der Waals surface area contributed by atoms with E-state index >= 15 is 0 Å². The largest absolute Gasteiger partial charge is 0.478 e. The highest BCUT2D eigenvalue weighted by molar-refractivity contribution is 7.10. The van der Waals surface area contributed by atoms with Gasteiger partial charge < -0.3 is 14.9 Å². The minimum absolute atomic E-state index is 0.217. The van der Waals surface area contributed by atoms with Gasteiger partial charge in [0.1, 0.15) is 5.60 Å². The molecule has 0 bridgehead atoms. The number of carbonyl (C=O) groups is 1. The summed E-state index contributed by atoms with van der Waals surface area (Å²) in [7, 11) is 0. The van der Waals surface area contributed by atoms with Crippen LogP contribution in [0.3, 0.4) is 0 Å². The summed E-state index contributed by atoms with van der Waals surface area (Å²) in [4.78, 5) is 11.6. The average Bonchev–Trinajstić information content (AvgIpc) is 2.64. The van der Waals surface area contributed by atoms with Crippen LogP contribution in [0.25, 0.3) is 0 Å². The van der Waals surface area contributed by atoms with Gasteiger partial charge in [0, 0.05) is 19.6 Å². The molecule has 1 unspecified atom stereocenters. The maximum atomic E-state index is 11.0. The van der Waals surface area contributed by atoms with Crippen LogP contribution in [-0.2, 0) is 10.3 Å². The topological polar surface area (TPSA) is 66.8 Å². The van der Waals surface area contributed by atoms with E-state index in [2.05, 4.69) is 0 Å². The van der Waals surface area contributed by atoms with Gasteiger partial charge in [0.15, 0.2) is 0 Å². The first kappa shape index (κ1) is 11.6. The second kappa shape index (κ2) is 4.53. The summed E-state index contributed by atoms with van der Waals surface area (Å²) in [6, 6.07) is 1.55. The summed E-state index contributed by atoms with van der Waals surface area (Å²) < 4.78 is 5.29. The van der Waals surface area contributed by atoms with Crippen molar-refractivity contribution in [3.05, 3.63) is 21.9 Å². The lowest BCUT2D eigenvalue weighted by Gasteiger charge is -2.25. The average molecular weight is 242 g/mol. The van der Waals surface area contributed by atoms with Gasteiger partial charge in [-0.3, -0.25) is 0 Å². The zero-order chi connectivity index (χ0) is 11.6. The van der Waals surface area contributed by atoms with Crippen LogP contribution in [0.1, 0.15) is 34.5 Å². The molecule has 0 aromatic carbocycles. The standard InChI is InChI=1S/C11H14O4S/c12-10(13)8-2-7-16-9(8)11(14)3-1-5-15-6-4-11/h2,7,14H,1,3-6H2,(H,12,13). The lowest BCUT2D eigenvalue weighted by atomic mass is 9.91. The molecule has 2 heterocycles. The first-order valence-electron chi connectivity index (χ1n) is 5.25. The van der Waals surface area contributed by atoms with E-state index in [1.54, 1.807) is 11.4 Å². The van der Waals surface area contributed by atoms with Gasteiger partial charge in [-0.2, -0.15) is 0 Å². The summed E-state index contributed by atoms with van der Waals surface area (Å²) in [5.74, 6) is -0.977. The second-order valence-electron chi connectivity index (χ2n) is 3.97. The molecule has 1 saturated heterocycles. The van der Waals surface area contributed by atoms with E-state index in [4.69, 9.17) is 9.84 Å². The van der Waals surface area contributed by atoms with E-state index in [0.717, 1.165) is 6.42 Å². The molecule has 4 nitrogen and oxygen atoms in total. The van der Waals surface area contributed by atoms with Crippen LogP contribution >= 0.6 is 11.3 Å². The van der Waals surface area contributed by atoms with Crippen molar-refractivity contribution in [2.24, 2.45) is 0 Å². The summed E-state index contributed by atoms with van der Waals surface area (Å²) in [5, 5.41) is 21.3. The van der Waals surface area contributed by atoms with Gasteiger partial charge in [-0.1, -0.05) is 0 Å². The molecule has 2 N–H and O–H groups in total. The predicted molar refractivity (Wildman–Crippen MR) is 59.8 cm³/mol. The summed E-state index contributed by atoms with van der Waals surface area (Å²) in [6.07, 6.45) is 1.79. The van der Waals surface area contributed by atoms with Crippen molar-refractivity contribution in [1.29, 1.82) is 0 Å². The zero-order valence-electron chi connectivity index (χ0n) is 8.81. The fraction of sp³-hybridized carbons (Fsp3) is 0.545. The number of carboxylic acid groups (broad SMARTS) is 1. The van der Waals surface area contributed by atoms with E-state index in [0.29, 0.717) is 30.9 Å². The summed E-state index contributed by atoms with van der Waals surface area (Å²) in [6.45, 7) is 1.11. The number of hydrogen-bond donors (Lipinski definition) is 2. The number of ether oxygens (including phenoxy) is 1. The molecule has 5 heteroatoms. The highest BCUT2D eigenvalue weighted by atomic mass is 32.1. The highest BCUT2D eigenvalue weighted by Crippen LogP contribution is 2.37. The number of aliphatic hydroxyl groups is 1. The Hall–Kier alpha value is -0.910. The molecule has 16 heavy (non-hydrogen) atoms. The molecule has 1 aromatic rings. The Balaban J connectivity index is 2.33. The first-order valence-corrected chi connectivity index (χ1v) is 6.13. The van der Waals surface area contributed by atoms with Crippen molar-refractivity contribution in [3.8, 4) is 0 Å². The van der Waals surface area contributed by atoms with Gasteiger partial charge in [0.25, 0.3) is 0 Å². The van der Waals surface area contributed by atoms with Gasteiger partial charge in [0.2, 0.25) is 0 Å². The molecule has 1 aliphatic rings. The maximum absolute atomic E-state index is 11.0. The van der Waals surface area contributed by atoms with Gasteiger partial charge >= 0.3 is 5.97 Å². The Kier molecular flexibility index (Phi) is 3.28. The van der Waals surface area contributed by atoms with E-state index in [1.807, 2.05) is 0 Å². The molecule has 1 aliphatic heterocycles. The van der Waals surface area contributed by atoms with Gasteiger partial charge in [-0.05, 0) is 24.3 Å². The SMILES string of the molecule is O=C(O)c1ccsc1C1(O)CCCOCC1. The van der Waals surface area contributed by atoms with Crippen LogP contribution in [0, 0.1) is 0 Å². The van der Waals surface area contributed by atoms with Crippen LogP contribution in [0.4, 0.5) is 0 Å². The third-order valence-electron chi connectivity index (χ3n) is 2.86. The lowest BCUT2D eigenvalue weighted by Crippen LogP contribution is -2.26. The third-order valence-corrected chi connectivity index (χ3v) is 3.97. The number of aromatic carboxylic acids is 1. The molecular weight excluding hydrogens is 228 g/mol. The van der Waals surface area contributed by atoms with Crippen molar-refractivity contribution in [1.82, 2.24) is 0 Å². The number of rotatable bonds is 2. The third kappa shape index (κ3) is 2.11. The fourth-order valence-electron chi connectivity index (χ4n) is 2.00. The predicted octanol–water partition coefficient (Wildman–Crippen LogP) is 1.83. The van der Waals surface area contributed by atoms with Crippen molar-refractivity contribution >= 4 is 17.3 Å². The van der Waals surface area contributed by atoms with Crippen LogP contribution in [0.15, 0.2) is 11.4 Å². The lowest BCUT2D eigenvalue weighted by molar-refractivity contribution is 0.0162. The van der Waals surface area contributed by atoms with E-state index in [-0.39, 0.29) is 5.56 Å². The molecule has 0 saturated carbocycles. The molecule has 1 aromatic heterocycles. The zero-order valence-corrected chi connectivity index (χ0v) is 9.63. The van der Waals surface area contributed by atoms with E-state index in [1.165, 1.54) is 11.3 Å². The Morgan fingerprint density at radius 2 is 2.25 bits per heavy atom. The molecule has 2 rings (SSSR count). The molecule has 1 atom stereocenters. The van der Waals surface area contributed by atoms with Crippen LogP contribution < -0.4 is 0 Å². The second-order valence-corrected chi connectivity index (χ2v) is 4.88. The molecule has 1 fully saturated rings. The van der Waals surface area contributed by atoms with E-state index in [9.17, 15) is 9.90 Å². The van der Waals surface area contributed by atoms with Crippen molar-refractivity contribution in [3.63, 3.8) is 0 Å². The number of thiophene rings is 1. The molecule has 0 amide bonds. The Labute approximate surface area is 97.5 Å². The number of hydrogen-bond acceptors (Lipinski definition) is 4. The Morgan fingerprint density at radius 1 is 1.44 bits per heavy atom. The number of carboxylic acids is 1. The van der Waals surface area contributed by atoms with Crippen LogP contribution in [-0.4, -0.2) is 29.4 Å². The van der Waals surface area contributed by atoms with Gasteiger partial charge in [-0.15, -0.1) is 11.3 Å². The maximum Gasteiger partial charge on any atom is 0.336 e. The van der Waals surface area contributed by atoms with Gasteiger partial charge in [-0.25, -0.2) is 4.79 Å². The Bertz CT molecular complexity index is 377. The molecule has 0 spiro atoms.